The quantitative estimate of drug-likeness (QED) is 0.540. The van der Waals surface area contributed by atoms with E-state index in [2.05, 4.69) is 10.3 Å². The maximum atomic E-state index is 11.7. The molecule has 0 unspecified atom stereocenters. The molecule has 1 aliphatic rings. The molecule has 29 heavy (non-hydrogen) atoms. The van der Waals surface area contributed by atoms with Gasteiger partial charge >= 0.3 is 0 Å². The zero-order valence-electron chi connectivity index (χ0n) is 16.5. The first kappa shape index (κ1) is 21.6. The largest absolute Gasteiger partial charge is 0.493 e. The lowest BCUT2D eigenvalue weighted by Gasteiger charge is -2.09. The number of nitrogens with one attached hydrogen (secondary N) is 1. The number of aromatic nitrogens is 1. The van der Waals surface area contributed by atoms with Gasteiger partial charge in [-0.25, -0.2) is 4.98 Å². The molecule has 1 atom stereocenters. The fraction of sp³-hybridized carbons (Fsp3) is 0.429. The van der Waals surface area contributed by atoms with Crippen molar-refractivity contribution in [3.05, 3.63) is 40.4 Å². The fourth-order valence-electron chi connectivity index (χ4n) is 2.45. The van der Waals surface area contributed by atoms with E-state index in [0.717, 1.165) is 17.2 Å². The molecule has 1 aliphatic carbocycles. The Morgan fingerprint density at radius 3 is 3.00 bits per heavy atom. The number of carbonyl (C=O) groups excluding carboxylic acids is 1. The Bertz CT molecular complexity index is 851. The highest BCUT2D eigenvalue weighted by Crippen LogP contribution is 2.35. The Balaban J connectivity index is 1.51. The number of hydrogen-bond donors (Lipinski definition) is 1. The number of halogens is 1. The third-order valence-corrected chi connectivity index (χ3v) is 5.39. The average molecular weight is 437 g/mol. The number of methoxy groups -OCH3 is 1. The van der Waals surface area contributed by atoms with Gasteiger partial charge in [-0.1, -0.05) is 29.0 Å². The summed E-state index contributed by atoms with van der Waals surface area (Å²) < 4.78 is 16.4. The van der Waals surface area contributed by atoms with Crippen LogP contribution in [0.4, 0.5) is 0 Å². The highest BCUT2D eigenvalue weighted by atomic mass is 35.5. The molecule has 1 aromatic heterocycles. The predicted molar refractivity (Wildman–Crippen MR) is 115 cm³/mol. The number of amides is 1. The van der Waals surface area contributed by atoms with Crippen LogP contribution in [0.15, 0.2) is 30.5 Å². The van der Waals surface area contributed by atoms with Crippen LogP contribution in [0.2, 0.25) is 5.02 Å². The summed E-state index contributed by atoms with van der Waals surface area (Å²) in [4.78, 5) is 16.9. The summed E-state index contributed by atoms with van der Waals surface area (Å²) in [7, 11) is 1.57. The van der Waals surface area contributed by atoms with Gasteiger partial charge in [-0.05, 0) is 43.9 Å². The van der Waals surface area contributed by atoms with Crippen LogP contribution in [0.25, 0.3) is 6.08 Å². The standard InChI is InChI=1S/C21H25ClN2O4S/c1-14(24-20(25)9-10-26-2)3-7-17-12-23-21(29-17)28-19-8-6-16(11-18(19)22)27-13-15-4-5-15/h3,6-8,11-12,14-15H,4-5,9-10,13H2,1-2H3,(H,24,25)/b7-3+/t14-/m0/s1. The predicted octanol–water partition coefficient (Wildman–Crippen LogP) is 4.93. The van der Waals surface area contributed by atoms with Gasteiger partial charge in [0.1, 0.15) is 11.5 Å². The average Bonchev–Trinajstić information content (AvgIpc) is 3.42. The zero-order chi connectivity index (χ0) is 20.6. The number of hydrogen-bond acceptors (Lipinski definition) is 6. The third-order valence-electron chi connectivity index (χ3n) is 4.26. The minimum Gasteiger partial charge on any atom is -0.493 e. The highest BCUT2D eigenvalue weighted by Gasteiger charge is 2.22. The lowest BCUT2D eigenvalue weighted by atomic mass is 10.2. The van der Waals surface area contributed by atoms with Crippen molar-refractivity contribution in [3.63, 3.8) is 0 Å². The topological polar surface area (TPSA) is 69.7 Å². The molecule has 3 rings (SSSR count). The Morgan fingerprint density at radius 2 is 2.28 bits per heavy atom. The van der Waals surface area contributed by atoms with Crippen molar-refractivity contribution in [1.82, 2.24) is 10.3 Å². The van der Waals surface area contributed by atoms with Crippen molar-refractivity contribution in [2.45, 2.75) is 32.2 Å². The summed E-state index contributed by atoms with van der Waals surface area (Å²) in [5.74, 6) is 1.93. The molecule has 1 saturated carbocycles. The van der Waals surface area contributed by atoms with Crippen molar-refractivity contribution < 1.29 is 19.0 Å². The van der Waals surface area contributed by atoms with Crippen LogP contribution in [-0.2, 0) is 9.53 Å². The number of nitrogens with zero attached hydrogens (tertiary/aromatic N) is 1. The molecule has 6 nitrogen and oxygen atoms in total. The molecule has 0 saturated heterocycles. The maximum absolute atomic E-state index is 11.7. The molecule has 0 bridgehead atoms. The van der Waals surface area contributed by atoms with Crippen LogP contribution >= 0.6 is 22.9 Å². The van der Waals surface area contributed by atoms with Gasteiger partial charge in [0.05, 0.1) is 23.1 Å². The molecular weight excluding hydrogens is 412 g/mol. The lowest BCUT2D eigenvalue weighted by Crippen LogP contribution is -2.31. The van der Waals surface area contributed by atoms with Crippen LogP contribution < -0.4 is 14.8 Å². The van der Waals surface area contributed by atoms with Gasteiger partial charge in [-0.2, -0.15) is 0 Å². The van der Waals surface area contributed by atoms with Crippen LogP contribution in [0, 0.1) is 5.92 Å². The van der Waals surface area contributed by atoms with Crippen molar-refractivity contribution >= 4 is 34.9 Å². The van der Waals surface area contributed by atoms with Crippen molar-refractivity contribution in [2.24, 2.45) is 5.92 Å². The second kappa shape index (κ2) is 10.6. The minimum atomic E-state index is -0.0940. The first-order valence-corrected chi connectivity index (χ1v) is 10.8. The van der Waals surface area contributed by atoms with Crippen molar-refractivity contribution in [3.8, 4) is 16.7 Å². The van der Waals surface area contributed by atoms with Gasteiger partial charge < -0.3 is 19.5 Å². The SMILES string of the molecule is COCCC(=O)N[C@@H](C)/C=C/c1cnc(Oc2ccc(OCC3CC3)cc2Cl)s1. The monoisotopic (exact) mass is 436 g/mol. The number of rotatable bonds is 11. The first-order chi connectivity index (χ1) is 14.0. The lowest BCUT2D eigenvalue weighted by molar-refractivity contribution is -0.122. The Hall–Kier alpha value is -2.09. The maximum Gasteiger partial charge on any atom is 0.279 e. The molecule has 1 fully saturated rings. The van der Waals surface area contributed by atoms with Crippen molar-refractivity contribution in [2.75, 3.05) is 20.3 Å². The summed E-state index contributed by atoms with van der Waals surface area (Å²) in [5.41, 5.74) is 0. The molecule has 2 aromatic rings. The van der Waals surface area contributed by atoms with Gasteiger partial charge in [0.15, 0.2) is 0 Å². The molecule has 0 aliphatic heterocycles. The number of carbonyl (C=O) groups is 1. The number of thiazole rings is 1. The van der Waals surface area contributed by atoms with E-state index in [9.17, 15) is 4.79 Å². The zero-order valence-corrected chi connectivity index (χ0v) is 18.1. The summed E-state index contributed by atoms with van der Waals surface area (Å²) in [5, 5.41) is 3.86. The molecule has 156 valence electrons. The Morgan fingerprint density at radius 1 is 1.45 bits per heavy atom. The summed E-state index contributed by atoms with van der Waals surface area (Å²) >= 11 is 7.71. The third kappa shape index (κ3) is 7.34. The Kier molecular flexibility index (Phi) is 7.91. The van der Waals surface area contributed by atoms with E-state index in [1.165, 1.54) is 24.2 Å². The summed E-state index contributed by atoms with van der Waals surface area (Å²) in [6.45, 7) is 3.06. The molecule has 1 aromatic carbocycles. The van der Waals surface area contributed by atoms with E-state index in [1.807, 2.05) is 25.1 Å². The summed E-state index contributed by atoms with van der Waals surface area (Å²) in [6, 6.07) is 5.32. The van der Waals surface area contributed by atoms with Crippen molar-refractivity contribution in [1.29, 1.82) is 0 Å². The van der Waals surface area contributed by atoms with E-state index >= 15 is 0 Å². The smallest absolute Gasteiger partial charge is 0.279 e. The van der Waals surface area contributed by atoms with E-state index in [4.69, 9.17) is 25.8 Å². The Labute approximate surface area is 179 Å². The van der Waals surface area contributed by atoms with Gasteiger partial charge in [-0.3, -0.25) is 4.79 Å². The fourth-order valence-corrected chi connectivity index (χ4v) is 3.35. The molecule has 8 heteroatoms. The van der Waals surface area contributed by atoms with Gasteiger partial charge in [0.25, 0.3) is 5.19 Å². The van der Waals surface area contributed by atoms with Crippen LogP contribution in [0.5, 0.6) is 16.7 Å². The summed E-state index contributed by atoms with van der Waals surface area (Å²) in [6.07, 6.45) is 8.36. The number of ether oxygens (including phenoxy) is 3. The molecule has 1 N–H and O–H groups in total. The van der Waals surface area contributed by atoms with E-state index in [0.29, 0.717) is 34.9 Å². The van der Waals surface area contributed by atoms with Gasteiger partial charge in [0, 0.05) is 31.8 Å². The van der Waals surface area contributed by atoms with E-state index in [-0.39, 0.29) is 11.9 Å². The molecule has 0 spiro atoms. The van der Waals surface area contributed by atoms with E-state index < -0.39 is 0 Å². The molecule has 1 heterocycles. The minimum absolute atomic E-state index is 0.0449. The second-order valence-corrected chi connectivity index (χ2v) is 8.37. The normalized spacial score (nSPS) is 14.7. The first-order valence-electron chi connectivity index (χ1n) is 9.56. The van der Waals surface area contributed by atoms with Gasteiger partial charge in [-0.15, -0.1) is 0 Å². The molecule has 1 amide bonds. The number of benzene rings is 1. The molecular formula is C21H25ClN2O4S. The van der Waals surface area contributed by atoms with Crippen LogP contribution in [0.1, 0.15) is 31.1 Å². The van der Waals surface area contributed by atoms with Crippen LogP contribution in [-0.4, -0.2) is 37.3 Å². The van der Waals surface area contributed by atoms with Gasteiger partial charge in [0.2, 0.25) is 5.91 Å². The highest BCUT2D eigenvalue weighted by molar-refractivity contribution is 7.14. The second-order valence-electron chi connectivity index (χ2n) is 6.94. The van der Waals surface area contributed by atoms with E-state index in [1.54, 1.807) is 25.4 Å². The van der Waals surface area contributed by atoms with Crippen LogP contribution in [0.3, 0.4) is 0 Å². The molecule has 0 radical (unpaired) electrons.